The SMILES string of the molecule is O=C(C1CCN(S(=O)(=O)Cc2ccc(Cl)cc2)CC1)N1CCCCC1. The zero-order chi connectivity index (χ0) is 17.9. The standard InChI is InChI=1S/C18H25ClN2O3S/c19-17-6-4-15(5-7-17)14-25(23,24)21-12-8-16(9-13-21)18(22)20-10-2-1-3-11-20/h4-7,16H,1-3,8-14H2. The fourth-order valence-corrected chi connectivity index (χ4v) is 5.33. The molecule has 1 aromatic carbocycles. The Balaban J connectivity index is 1.55. The molecule has 7 heteroatoms. The maximum atomic E-state index is 12.6. The molecule has 1 amide bonds. The summed E-state index contributed by atoms with van der Waals surface area (Å²) in [5.41, 5.74) is 0.732. The molecule has 0 saturated carbocycles. The summed E-state index contributed by atoms with van der Waals surface area (Å²) in [5, 5.41) is 0.596. The van der Waals surface area contributed by atoms with Gasteiger partial charge in [0.1, 0.15) is 0 Å². The van der Waals surface area contributed by atoms with Crippen molar-refractivity contribution in [3.8, 4) is 0 Å². The van der Waals surface area contributed by atoms with Crippen molar-refractivity contribution in [1.82, 2.24) is 9.21 Å². The highest BCUT2D eigenvalue weighted by molar-refractivity contribution is 7.88. The molecule has 3 rings (SSSR count). The highest BCUT2D eigenvalue weighted by Gasteiger charge is 2.33. The Labute approximate surface area is 155 Å². The first-order valence-corrected chi connectivity index (χ1v) is 11.0. The van der Waals surface area contributed by atoms with Crippen LogP contribution < -0.4 is 0 Å². The number of nitrogens with zero attached hydrogens (tertiary/aromatic N) is 2. The molecule has 0 radical (unpaired) electrons. The Morgan fingerprint density at radius 2 is 1.60 bits per heavy atom. The van der Waals surface area contributed by atoms with E-state index in [1.54, 1.807) is 24.3 Å². The van der Waals surface area contributed by atoms with Crippen molar-refractivity contribution >= 4 is 27.5 Å². The Morgan fingerprint density at radius 3 is 2.20 bits per heavy atom. The minimum absolute atomic E-state index is 0.0189. The zero-order valence-corrected chi connectivity index (χ0v) is 15.9. The molecular weight excluding hydrogens is 360 g/mol. The molecule has 138 valence electrons. The van der Waals surface area contributed by atoms with E-state index in [2.05, 4.69) is 0 Å². The number of piperidine rings is 2. The highest BCUT2D eigenvalue weighted by Crippen LogP contribution is 2.25. The van der Waals surface area contributed by atoms with Crippen molar-refractivity contribution in [1.29, 1.82) is 0 Å². The van der Waals surface area contributed by atoms with Crippen LogP contribution in [0, 0.1) is 5.92 Å². The Hall–Kier alpha value is -1.11. The van der Waals surface area contributed by atoms with E-state index in [-0.39, 0.29) is 17.6 Å². The van der Waals surface area contributed by atoms with Crippen molar-refractivity contribution in [3.05, 3.63) is 34.9 Å². The molecule has 5 nitrogen and oxygen atoms in total. The number of hydrogen-bond donors (Lipinski definition) is 0. The minimum atomic E-state index is -3.36. The van der Waals surface area contributed by atoms with E-state index in [4.69, 9.17) is 11.6 Å². The van der Waals surface area contributed by atoms with E-state index in [9.17, 15) is 13.2 Å². The number of halogens is 1. The summed E-state index contributed by atoms with van der Waals surface area (Å²) in [6, 6.07) is 6.89. The summed E-state index contributed by atoms with van der Waals surface area (Å²) in [5.74, 6) is 0.170. The van der Waals surface area contributed by atoms with Crippen LogP contribution in [-0.2, 0) is 20.6 Å². The molecule has 0 unspecified atom stereocenters. The van der Waals surface area contributed by atoms with Crippen LogP contribution in [0.3, 0.4) is 0 Å². The van der Waals surface area contributed by atoms with Gasteiger partial charge in [-0.15, -0.1) is 0 Å². The van der Waals surface area contributed by atoms with Gasteiger partial charge in [-0.3, -0.25) is 4.79 Å². The molecule has 0 bridgehead atoms. The number of sulfonamides is 1. The first-order chi connectivity index (χ1) is 12.0. The first kappa shape index (κ1) is 18.7. The summed E-state index contributed by atoms with van der Waals surface area (Å²) >= 11 is 5.85. The minimum Gasteiger partial charge on any atom is -0.342 e. The number of likely N-dealkylation sites (tertiary alicyclic amines) is 1. The van der Waals surface area contributed by atoms with E-state index < -0.39 is 10.0 Å². The summed E-state index contributed by atoms with van der Waals surface area (Å²) < 4.78 is 26.8. The lowest BCUT2D eigenvalue weighted by atomic mass is 9.95. The van der Waals surface area contributed by atoms with Gasteiger partial charge in [0, 0.05) is 37.1 Å². The average Bonchev–Trinajstić information content (AvgIpc) is 2.64. The normalized spacial score (nSPS) is 20.6. The van der Waals surface area contributed by atoms with Crippen molar-refractivity contribution < 1.29 is 13.2 Å². The van der Waals surface area contributed by atoms with Gasteiger partial charge in [-0.2, -0.15) is 0 Å². The van der Waals surface area contributed by atoms with Gasteiger partial charge < -0.3 is 4.90 Å². The fraction of sp³-hybridized carbons (Fsp3) is 0.611. The van der Waals surface area contributed by atoms with Gasteiger partial charge in [0.05, 0.1) is 5.75 Å². The quantitative estimate of drug-likeness (QED) is 0.802. The summed E-state index contributed by atoms with van der Waals surface area (Å²) in [6.45, 7) is 2.57. The van der Waals surface area contributed by atoms with Crippen LogP contribution in [0.25, 0.3) is 0 Å². The van der Waals surface area contributed by atoms with E-state index in [1.807, 2.05) is 4.90 Å². The van der Waals surface area contributed by atoms with Gasteiger partial charge in [0.15, 0.2) is 0 Å². The van der Waals surface area contributed by atoms with Gasteiger partial charge in [-0.1, -0.05) is 23.7 Å². The molecule has 2 fully saturated rings. The second kappa shape index (κ2) is 8.06. The molecule has 2 aliphatic heterocycles. The number of carbonyl (C=O) groups excluding carboxylic acids is 1. The molecule has 0 aromatic heterocycles. The van der Waals surface area contributed by atoms with E-state index in [0.29, 0.717) is 31.0 Å². The second-order valence-corrected chi connectivity index (χ2v) is 9.35. The second-order valence-electron chi connectivity index (χ2n) is 6.94. The Kier molecular flexibility index (Phi) is 6.02. The van der Waals surface area contributed by atoms with Crippen LogP contribution in [0.15, 0.2) is 24.3 Å². The van der Waals surface area contributed by atoms with Gasteiger partial charge in [0.25, 0.3) is 0 Å². The maximum Gasteiger partial charge on any atom is 0.225 e. The topological polar surface area (TPSA) is 57.7 Å². The average molecular weight is 385 g/mol. The summed E-state index contributed by atoms with van der Waals surface area (Å²) in [6.07, 6.45) is 4.61. The van der Waals surface area contributed by atoms with Crippen LogP contribution in [0.1, 0.15) is 37.7 Å². The van der Waals surface area contributed by atoms with Crippen LogP contribution in [-0.4, -0.2) is 49.7 Å². The predicted octanol–water partition coefficient (Wildman–Crippen LogP) is 2.89. The Bertz CT molecular complexity index is 692. The van der Waals surface area contributed by atoms with Crippen molar-refractivity contribution in [2.75, 3.05) is 26.2 Å². The van der Waals surface area contributed by atoms with Gasteiger partial charge in [-0.05, 0) is 49.8 Å². The van der Waals surface area contributed by atoms with Gasteiger partial charge >= 0.3 is 0 Å². The molecule has 0 spiro atoms. The molecule has 2 saturated heterocycles. The van der Waals surface area contributed by atoms with Crippen LogP contribution in [0.2, 0.25) is 5.02 Å². The van der Waals surface area contributed by atoms with E-state index in [0.717, 1.165) is 31.5 Å². The molecule has 1 aromatic rings. The number of benzene rings is 1. The monoisotopic (exact) mass is 384 g/mol. The zero-order valence-electron chi connectivity index (χ0n) is 14.4. The van der Waals surface area contributed by atoms with Crippen molar-refractivity contribution in [3.63, 3.8) is 0 Å². The first-order valence-electron chi connectivity index (χ1n) is 8.97. The Morgan fingerprint density at radius 1 is 1.00 bits per heavy atom. The molecule has 2 aliphatic rings. The van der Waals surface area contributed by atoms with Gasteiger partial charge in [0.2, 0.25) is 15.9 Å². The molecule has 25 heavy (non-hydrogen) atoms. The molecule has 0 N–H and O–H groups in total. The largest absolute Gasteiger partial charge is 0.342 e. The molecular formula is C18H25ClN2O3S. The maximum absolute atomic E-state index is 12.6. The third kappa shape index (κ3) is 4.74. The number of carbonyl (C=O) groups is 1. The predicted molar refractivity (Wildman–Crippen MR) is 98.8 cm³/mol. The molecule has 0 atom stereocenters. The van der Waals surface area contributed by atoms with Crippen LogP contribution >= 0.6 is 11.6 Å². The third-order valence-corrected chi connectivity index (χ3v) is 7.23. The van der Waals surface area contributed by atoms with Crippen molar-refractivity contribution in [2.24, 2.45) is 5.92 Å². The summed E-state index contributed by atoms with van der Waals surface area (Å²) in [7, 11) is -3.36. The summed E-state index contributed by atoms with van der Waals surface area (Å²) in [4.78, 5) is 14.5. The van der Waals surface area contributed by atoms with E-state index >= 15 is 0 Å². The molecule has 0 aliphatic carbocycles. The van der Waals surface area contributed by atoms with Crippen molar-refractivity contribution in [2.45, 2.75) is 37.9 Å². The number of hydrogen-bond acceptors (Lipinski definition) is 3. The van der Waals surface area contributed by atoms with Gasteiger partial charge in [-0.25, -0.2) is 12.7 Å². The molecule has 2 heterocycles. The van der Waals surface area contributed by atoms with E-state index in [1.165, 1.54) is 10.7 Å². The lowest BCUT2D eigenvalue weighted by molar-refractivity contribution is -0.137. The van der Waals surface area contributed by atoms with Crippen LogP contribution in [0.4, 0.5) is 0 Å². The third-order valence-electron chi connectivity index (χ3n) is 5.13. The fourth-order valence-electron chi connectivity index (χ4n) is 3.64. The number of amides is 1. The van der Waals surface area contributed by atoms with Crippen LogP contribution in [0.5, 0.6) is 0 Å². The smallest absolute Gasteiger partial charge is 0.225 e. The lowest BCUT2D eigenvalue weighted by Gasteiger charge is -2.35. The number of rotatable bonds is 4. The highest BCUT2D eigenvalue weighted by atomic mass is 35.5. The lowest BCUT2D eigenvalue weighted by Crippen LogP contribution is -2.45.